The van der Waals surface area contributed by atoms with Gasteiger partial charge in [0.25, 0.3) is 0 Å². The van der Waals surface area contributed by atoms with Gasteiger partial charge in [0.1, 0.15) is 10.4 Å². The van der Waals surface area contributed by atoms with E-state index in [1.165, 1.54) is 11.8 Å². The summed E-state index contributed by atoms with van der Waals surface area (Å²) < 4.78 is 0.609. The molecule has 1 aliphatic heterocycles. The average Bonchev–Trinajstić information content (AvgIpc) is 2.29. The second kappa shape index (κ2) is 4.28. The first-order chi connectivity index (χ1) is 6.00. The molecule has 2 atom stereocenters. The summed E-state index contributed by atoms with van der Waals surface area (Å²) in [5.74, 6) is -0.306. The highest BCUT2D eigenvalue weighted by molar-refractivity contribution is 8.23. The molecule has 13 heavy (non-hydrogen) atoms. The normalized spacial score (nSPS) is 27.8. The van der Waals surface area contributed by atoms with Crippen LogP contribution < -0.4 is 5.32 Å². The van der Waals surface area contributed by atoms with Crippen LogP contribution in [0.5, 0.6) is 0 Å². The molecule has 0 aromatic heterocycles. The molecule has 5 heteroatoms. The van der Waals surface area contributed by atoms with Gasteiger partial charge in [-0.1, -0.05) is 37.8 Å². The molecule has 0 radical (unpaired) electrons. The minimum absolute atomic E-state index is 0.0880. The molecule has 0 aromatic rings. The maximum absolute atomic E-state index is 10.8. The van der Waals surface area contributed by atoms with Crippen molar-refractivity contribution in [3.8, 4) is 0 Å². The van der Waals surface area contributed by atoms with Crippen molar-refractivity contribution in [1.29, 1.82) is 0 Å². The topological polar surface area (TPSA) is 49.3 Å². The third-order valence-electron chi connectivity index (χ3n) is 1.87. The summed E-state index contributed by atoms with van der Waals surface area (Å²) in [5.41, 5.74) is 0. The number of aliphatic carboxylic acids is 1. The van der Waals surface area contributed by atoms with Crippen molar-refractivity contribution in [1.82, 2.24) is 5.32 Å². The van der Waals surface area contributed by atoms with Crippen LogP contribution in [0.25, 0.3) is 0 Å². The summed E-state index contributed by atoms with van der Waals surface area (Å²) in [7, 11) is 0. The van der Waals surface area contributed by atoms with Crippen LogP contribution in [-0.2, 0) is 4.79 Å². The van der Waals surface area contributed by atoms with E-state index in [4.69, 9.17) is 17.3 Å². The van der Waals surface area contributed by atoms with Gasteiger partial charge in [-0.2, -0.15) is 0 Å². The monoisotopic (exact) mass is 219 g/mol. The summed E-state index contributed by atoms with van der Waals surface area (Å²) in [6.07, 6.45) is 0.884. The van der Waals surface area contributed by atoms with E-state index >= 15 is 0 Å². The highest BCUT2D eigenvalue weighted by Gasteiger charge is 2.36. The predicted octanol–water partition coefficient (Wildman–Crippen LogP) is 1.48. The zero-order valence-corrected chi connectivity index (χ0v) is 9.24. The van der Waals surface area contributed by atoms with Crippen LogP contribution in [0.1, 0.15) is 20.3 Å². The fourth-order valence-electron chi connectivity index (χ4n) is 1.33. The Morgan fingerprint density at radius 2 is 2.38 bits per heavy atom. The molecule has 0 aliphatic carbocycles. The van der Waals surface area contributed by atoms with E-state index in [1.807, 2.05) is 0 Å². The van der Waals surface area contributed by atoms with E-state index in [1.54, 1.807) is 0 Å². The van der Waals surface area contributed by atoms with Gasteiger partial charge in [-0.05, 0) is 12.3 Å². The molecule has 0 spiro atoms. The lowest BCUT2D eigenvalue weighted by Crippen LogP contribution is -2.39. The Labute approximate surface area is 87.3 Å². The molecule has 0 amide bonds. The fraction of sp³-hybridized carbons (Fsp3) is 0.750. The van der Waals surface area contributed by atoms with Crippen molar-refractivity contribution in [3.63, 3.8) is 0 Å². The summed E-state index contributed by atoms with van der Waals surface area (Å²) in [5, 5.41) is 11.8. The maximum atomic E-state index is 10.8. The SMILES string of the molecule is CC(C)CC1SC(=S)NC1C(=O)O. The van der Waals surface area contributed by atoms with Gasteiger partial charge >= 0.3 is 5.97 Å². The number of hydrogen-bond acceptors (Lipinski definition) is 3. The number of thiocarbonyl (C=S) groups is 1. The number of hydrogen-bond donors (Lipinski definition) is 2. The highest BCUT2D eigenvalue weighted by atomic mass is 32.2. The van der Waals surface area contributed by atoms with Gasteiger partial charge < -0.3 is 10.4 Å². The molecule has 2 unspecified atom stereocenters. The molecule has 2 N–H and O–H groups in total. The Morgan fingerprint density at radius 1 is 1.77 bits per heavy atom. The minimum atomic E-state index is -0.807. The number of rotatable bonds is 3. The van der Waals surface area contributed by atoms with Crippen molar-refractivity contribution in [2.45, 2.75) is 31.6 Å². The lowest BCUT2D eigenvalue weighted by Gasteiger charge is -2.15. The Kier molecular flexibility index (Phi) is 3.55. The average molecular weight is 219 g/mol. The third kappa shape index (κ3) is 2.84. The standard InChI is InChI=1S/C8H13NO2S2/c1-4(2)3-5-6(7(10)11)9-8(12)13-5/h4-6H,3H2,1-2H3,(H,9,12)(H,10,11). The second-order valence-corrected chi connectivity index (χ2v) is 5.45. The lowest BCUT2D eigenvalue weighted by atomic mass is 10.0. The van der Waals surface area contributed by atoms with Crippen LogP contribution in [0.2, 0.25) is 0 Å². The Balaban J connectivity index is 2.60. The van der Waals surface area contributed by atoms with Gasteiger partial charge in [0.15, 0.2) is 0 Å². The van der Waals surface area contributed by atoms with Gasteiger partial charge in [0.05, 0.1) is 0 Å². The van der Waals surface area contributed by atoms with Gasteiger partial charge in [0, 0.05) is 5.25 Å². The molecule has 1 rings (SSSR count). The van der Waals surface area contributed by atoms with Crippen LogP contribution in [0.3, 0.4) is 0 Å². The first-order valence-electron chi connectivity index (χ1n) is 4.20. The van der Waals surface area contributed by atoms with Crippen LogP contribution in [-0.4, -0.2) is 26.7 Å². The quantitative estimate of drug-likeness (QED) is 0.704. The second-order valence-electron chi connectivity index (χ2n) is 3.53. The maximum Gasteiger partial charge on any atom is 0.327 e. The van der Waals surface area contributed by atoms with Gasteiger partial charge in [-0.3, -0.25) is 0 Å². The molecule has 1 fully saturated rings. The first kappa shape index (κ1) is 10.8. The molecular formula is C8H13NO2S2. The Bertz CT molecular complexity index is 230. The number of nitrogens with one attached hydrogen (secondary N) is 1. The minimum Gasteiger partial charge on any atom is -0.480 e. The zero-order valence-electron chi connectivity index (χ0n) is 7.61. The molecular weight excluding hydrogens is 206 g/mol. The van der Waals surface area contributed by atoms with Crippen molar-refractivity contribution in [2.75, 3.05) is 0 Å². The van der Waals surface area contributed by atoms with Crippen LogP contribution >= 0.6 is 24.0 Å². The molecule has 74 valence electrons. The van der Waals surface area contributed by atoms with Gasteiger partial charge in [0.2, 0.25) is 0 Å². The summed E-state index contributed by atoms with van der Waals surface area (Å²) in [6.45, 7) is 4.17. The molecule has 0 bridgehead atoms. The molecule has 0 saturated carbocycles. The smallest absolute Gasteiger partial charge is 0.327 e. The molecule has 1 heterocycles. The number of carbonyl (C=O) groups is 1. The number of carboxylic acid groups (broad SMARTS) is 1. The first-order valence-corrected chi connectivity index (χ1v) is 5.49. The van der Waals surface area contributed by atoms with Crippen LogP contribution in [0.4, 0.5) is 0 Å². The Hall–Kier alpha value is -0.290. The molecule has 1 aliphatic rings. The van der Waals surface area contributed by atoms with E-state index in [2.05, 4.69) is 19.2 Å². The fourth-order valence-corrected chi connectivity index (χ4v) is 3.10. The van der Waals surface area contributed by atoms with E-state index in [0.29, 0.717) is 10.2 Å². The molecule has 1 saturated heterocycles. The van der Waals surface area contributed by atoms with Gasteiger partial charge in [-0.15, -0.1) is 0 Å². The van der Waals surface area contributed by atoms with E-state index in [0.717, 1.165) is 6.42 Å². The van der Waals surface area contributed by atoms with Crippen molar-refractivity contribution in [3.05, 3.63) is 0 Å². The molecule has 0 aromatic carbocycles. The van der Waals surface area contributed by atoms with E-state index in [9.17, 15) is 4.79 Å². The lowest BCUT2D eigenvalue weighted by molar-refractivity contribution is -0.138. The molecule has 3 nitrogen and oxygen atoms in total. The summed E-state index contributed by atoms with van der Waals surface area (Å²) in [4.78, 5) is 10.8. The van der Waals surface area contributed by atoms with E-state index < -0.39 is 12.0 Å². The van der Waals surface area contributed by atoms with Crippen LogP contribution in [0.15, 0.2) is 0 Å². The summed E-state index contributed by atoms with van der Waals surface area (Å²) >= 11 is 6.40. The van der Waals surface area contributed by atoms with Crippen LogP contribution in [0, 0.1) is 5.92 Å². The predicted molar refractivity (Wildman–Crippen MR) is 58.0 cm³/mol. The zero-order chi connectivity index (χ0) is 10.0. The largest absolute Gasteiger partial charge is 0.480 e. The van der Waals surface area contributed by atoms with E-state index in [-0.39, 0.29) is 5.25 Å². The summed E-state index contributed by atoms with van der Waals surface area (Å²) in [6, 6.07) is -0.500. The van der Waals surface area contributed by atoms with Gasteiger partial charge in [-0.25, -0.2) is 4.79 Å². The van der Waals surface area contributed by atoms with Crippen molar-refractivity contribution in [2.24, 2.45) is 5.92 Å². The Morgan fingerprint density at radius 3 is 2.85 bits per heavy atom. The number of thioether (sulfide) groups is 1. The van der Waals surface area contributed by atoms with Crippen molar-refractivity contribution < 1.29 is 9.90 Å². The number of carboxylic acids is 1. The third-order valence-corrected chi connectivity index (χ3v) is 3.38. The van der Waals surface area contributed by atoms with Crippen molar-refractivity contribution >= 4 is 34.3 Å². The highest BCUT2D eigenvalue weighted by Crippen LogP contribution is 2.29.